The highest BCUT2D eigenvalue weighted by molar-refractivity contribution is 9.10. The Labute approximate surface area is 134 Å². The molecule has 1 N–H and O–H groups in total. The summed E-state index contributed by atoms with van der Waals surface area (Å²) in [6.45, 7) is 4.35. The van der Waals surface area contributed by atoms with E-state index in [1.807, 2.05) is 18.2 Å². The van der Waals surface area contributed by atoms with Gasteiger partial charge in [-0.3, -0.25) is 0 Å². The highest BCUT2D eigenvalue weighted by Crippen LogP contribution is 2.30. The molecule has 20 heavy (non-hydrogen) atoms. The van der Waals surface area contributed by atoms with Crippen molar-refractivity contribution >= 4 is 33.2 Å². The zero-order valence-corrected chi connectivity index (χ0v) is 14.1. The van der Waals surface area contributed by atoms with Gasteiger partial charge in [-0.2, -0.15) is 0 Å². The first-order chi connectivity index (χ1) is 9.63. The number of nitrogens with one attached hydrogen (secondary N) is 1. The highest BCUT2D eigenvalue weighted by atomic mass is 79.9. The van der Waals surface area contributed by atoms with E-state index in [2.05, 4.69) is 59.4 Å². The Kier molecular flexibility index (Phi) is 5.50. The van der Waals surface area contributed by atoms with Gasteiger partial charge in [0.25, 0.3) is 0 Å². The normalized spacial score (nSPS) is 12.2. The number of halogens is 2. The largest absolute Gasteiger partial charge is 0.377 e. The molecule has 0 aliphatic carbocycles. The molecule has 0 bridgehead atoms. The van der Waals surface area contributed by atoms with Gasteiger partial charge in [-0.25, -0.2) is 0 Å². The second kappa shape index (κ2) is 7.14. The lowest BCUT2D eigenvalue weighted by Crippen LogP contribution is -2.10. The summed E-state index contributed by atoms with van der Waals surface area (Å²) in [6.07, 6.45) is 2.08. The minimum Gasteiger partial charge on any atom is -0.377 e. The molecule has 2 aromatic rings. The molecule has 106 valence electrons. The Bertz CT molecular complexity index is 566. The molecular formula is C17H19BrClN. The van der Waals surface area contributed by atoms with E-state index < -0.39 is 0 Å². The van der Waals surface area contributed by atoms with Crippen LogP contribution in [0.3, 0.4) is 0 Å². The van der Waals surface area contributed by atoms with Gasteiger partial charge in [0.15, 0.2) is 0 Å². The zero-order valence-electron chi connectivity index (χ0n) is 11.8. The topological polar surface area (TPSA) is 12.0 Å². The zero-order chi connectivity index (χ0) is 14.5. The summed E-state index contributed by atoms with van der Waals surface area (Å²) in [7, 11) is 0. The Balaban J connectivity index is 2.21. The van der Waals surface area contributed by atoms with Gasteiger partial charge >= 0.3 is 0 Å². The third-order valence-corrected chi connectivity index (χ3v) is 4.28. The van der Waals surface area contributed by atoms with Crippen molar-refractivity contribution in [2.45, 2.75) is 32.7 Å². The van der Waals surface area contributed by atoms with Gasteiger partial charge in [-0.05, 0) is 42.2 Å². The molecule has 0 aromatic heterocycles. The first-order valence-corrected chi connectivity index (χ1v) is 8.11. The predicted octanol–water partition coefficient (Wildman–Crippen LogP) is 6.23. The van der Waals surface area contributed by atoms with Crippen LogP contribution < -0.4 is 5.32 Å². The third-order valence-electron chi connectivity index (χ3n) is 3.46. The van der Waals surface area contributed by atoms with Crippen LogP contribution in [0.1, 0.15) is 37.4 Å². The van der Waals surface area contributed by atoms with Gasteiger partial charge in [0.1, 0.15) is 0 Å². The van der Waals surface area contributed by atoms with E-state index in [0.29, 0.717) is 0 Å². The Morgan fingerprint density at radius 1 is 1.10 bits per heavy atom. The fourth-order valence-corrected chi connectivity index (χ4v) is 2.74. The Hall–Kier alpha value is -0.990. The molecule has 1 nitrogen and oxygen atoms in total. The predicted molar refractivity (Wildman–Crippen MR) is 91.6 cm³/mol. The van der Waals surface area contributed by atoms with Crippen molar-refractivity contribution in [3.8, 4) is 0 Å². The van der Waals surface area contributed by atoms with Crippen molar-refractivity contribution < 1.29 is 0 Å². The summed E-state index contributed by atoms with van der Waals surface area (Å²) in [5, 5.41) is 4.28. The van der Waals surface area contributed by atoms with Crippen LogP contribution in [-0.2, 0) is 6.42 Å². The van der Waals surface area contributed by atoms with E-state index in [1.165, 1.54) is 11.1 Å². The van der Waals surface area contributed by atoms with Gasteiger partial charge in [-0.1, -0.05) is 65.6 Å². The molecule has 0 radical (unpaired) electrons. The van der Waals surface area contributed by atoms with Crippen LogP contribution in [0.25, 0.3) is 0 Å². The molecule has 0 saturated carbocycles. The molecule has 0 aliphatic heterocycles. The van der Waals surface area contributed by atoms with Crippen LogP contribution in [0.5, 0.6) is 0 Å². The molecule has 0 fully saturated rings. The van der Waals surface area contributed by atoms with Gasteiger partial charge < -0.3 is 5.32 Å². The monoisotopic (exact) mass is 351 g/mol. The SMILES string of the molecule is CCc1ccc(C(CC)Nc2cc(Br)ccc2Cl)cc1. The van der Waals surface area contributed by atoms with Crippen molar-refractivity contribution in [1.82, 2.24) is 0 Å². The lowest BCUT2D eigenvalue weighted by molar-refractivity contribution is 0.749. The van der Waals surface area contributed by atoms with Crippen molar-refractivity contribution in [2.24, 2.45) is 0 Å². The maximum absolute atomic E-state index is 6.25. The van der Waals surface area contributed by atoms with E-state index >= 15 is 0 Å². The molecule has 1 atom stereocenters. The van der Waals surface area contributed by atoms with Crippen LogP contribution >= 0.6 is 27.5 Å². The molecule has 0 amide bonds. The fraction of sp³-hybridized carbons (Fsp3) is 0.294. The van der Waals surface area contributed by atoms with Crippen molar-refractivity contribution in [3.63, 3.8) is 0 Å². The summed E-state index contributed by atoms with van der Waals surface area (Å²) in [5.41, 5.74) is 3.62. The summed E-state index contributed by atoms with van der Waals surface area (Å²) < 4.78 is 1.03. The van der Waals surface area contributed by atoms with Crippen LogP contribution in [-0.4, -0.2) is 0 Å². The van der Waals surface area contributed by atoms with Gasteiger partial charge in [0.05, 0.1) is 16.8 Å². The molecule has 0 saturated heterocycles. The van der Waals surface area contributed by atoms with Crippen LogP contribution in [0.2, 0.25) is 5.02 Å². The first kappa shape index (κ1) is 15.4. The van der Waals surface area contributed by atoms with E-state index in [9.17, 15) is 0 Å². The first-order valence-electron chi connectivity index (χ1n) is 6.94. The average Bonchev–Trinajstić information content (AvgIpc) is 2.48. The molecule has 0 aliphatic rings. The van der Waals surface area contributed by atoms with E-state index in [1.54, 1.807) is 0 Å². The van der Waals surface area contributed by atoms with E-state index in [-0.39, 0.29) is 6.04 Å². The lowest BCUT2D eigenvalue weighted by Gasteiger charge is -2.20. The molecular weight excluding hydrogens is 334 g/mol. The highest BCUT2D eigenvalue weighted by Gasteiger charge is 2.11. The van der Waals surface area contributed by atoms with Gasteiger partial charge in [0.2, 0.25) is 0 Å². The summed E-state index contributed by atoms with van der Waals surface area (Å²) in [4.78, 5) is 0. The number of hydrogen-bond acceptors (Lipinski definition) is 1. The second-order valence-electron chi connectivity index (χ2n) is 4.82. The molecule has 3 heteroatoms. The standard InChI is InChI=1S/C17H19BrClN/c1-3-12-5-7-13(8-6-12)16(4-2)20-17-11-14(18)9-10-15(17)19/h5-11,16,20H,3-4H2,1-2H3. The number of benzene rings is 2. The minimum absolute atomic E-state index is 0.271. The molecule has 2 rings (SSSR count). The van der Waals surface area contributed by atoms with E-state index in [4.69, 9.17) is 11.6 Å². The summed E-state index contributed by atoms with van der Waals surface area (Å²) in [5.74, 6) is 0. The fourth-order valence-electron chi connectivity index (χ4n) is 2.20. The smallest absolute Gasteiger partial charge is 0.0638 e. The Morgan fingerprint density at radius 2 is 1.80 bits per heavy atom. The second-order valence-corrected chi connectivity index (χ2v) is 6.15. The minimum atomic E-state index is 0.271. The van der Waals surface area contributed by atoms with E-state index in [0.717, 1.165) is 28.0 Å². The maximum atomic E-state index is 6.25. The number of anilines is 1. The molecule has 0 spiro atoms. The van der Waals surface area contributed by atoms with Crippen LogP contribution in [0, 0.1) is 0 Å². The number of rotatable bonds is 5. The summed E-state index contributed by atoms with van der Waals surface area (Å²) >= 11 is 9.73. The van der Waals surface area contributed by atoms with Crippen molar-refractivity contribution in [3.05, 3.63) is 63.1 Å². The van der Waals surface area contributed by atoms with Gasteiger partial charge in [-0.15, -0.1) is 0 Å². The maximum Gasteiger partial charge on any atom is 0.0638 e. The molecule has 2 aromatic carbocycles. The quantitative estimate of drug-likeness (QED) is 0.672. The van der Waals surface area contributed by atoms with Crippen molar-refractivity contribution in [1.29, 1.82) is 0 Å². The van der Waals surface area contributed by atoms with Crippen LogP contribution in [0.15, 0.2) is 46.9 Å². The summed E-state index contributed by atoms with van der Waals surface area (Å²) in [6, 6.07) is 14.9. The van der Waals surface area contributed by atoms with Crippen molar-refractivity contribution in [2.75, 3.05) is 5.32 Å². The van der Waals surface area contributed by atoms with Gasteiger partial charge in [0, 0.05) is 4.47 Å². The molecule has 1 unspecified atom stereocenters. The number of hydrogen-bond donors (Lipinski definition) is 1. The third kappa shape index (κ3) is 3.77. The lowest BCUT2D eigenvalue weighted by atomic mass is 10.0. The Morgan fingerprint density at radius 3 is 2.40 bits per heavy atom. The average molecular weight is 353 g/mol. The number of aryl methyl sites for hydroxylation is 1. The molecule has 0 heterocycles. The van der Waals surface area contributed by atoms with Crippen LogP contribution in [0.4, 0.5) is 5.69 Å².